The molecule has 0 saturated carbocycles. The van der Waals surface area contributed by atoms with Crippen LogP contribution in [0.15, 0.2) is 41.2 Å². The second kappa shape index (κ2) is 9.10. The SMILES string of the molecule is CN1CCCC1C#Cc1cccc2c1COCCN2c1nc(=O)n(C(C)(C)C)c2cccc(F)c12. The first-order valence-corrected chi connectivity index (χ1v) is 12.2. The third-order valence-electron chi connectivity index (χ3n) is 6.82. The van der Waals surface area contributed by atoms with Gasteiger partial charge in [-0.05, 0) is 71.5 Å². The molecule has 1 unspecified atom stereocenters. The van der Waals surface area contributed by atoms with Crippen molar-refractivity contribution in [3.8, 4) is 11.8 Å². The predicted octanol–water partition coefficient (Wildman–Crippen LogP) is 4.40. The van der Waals surface area contributed by atoms with E-state index in [1.807, 2.05) is 43.9 Å². The van der Waals surface area contributed by atoms with Crippen molar-refractivity contribution in [2.24, 2.45) is 0 Å². The Bertz CT molecular complexity index is 1400. The van der Waals surface area contributed by atoms with E-state index in [0.29, 0.717) is 36.5 Å². The molecule has 0 bridgehead atoms. The molecule has 2 aromatic carbocycles. The Hall–Kier alpha value is -3.21. The molecule has 1 fully saturated rings. The molecule has 0 spiro atoms. The highest BCUT2D eigenvalue weighted by Crippen LogP contribution is 2.36. The van der Waals surface area contributed by atoms with Crippen LogP contribution in [-0.2, 0) is 16.9 Å². The molecule has 0 aliphatic carbocycles. The first-order valence-electron chi connectivity index (χ1n) is 12.2. The zero-order chi connectivity index (χ0) is 24.7. The Morgan fingerprint density at radius 2 is 1.94 bits per heavy atom. The van der Waals surface area contributed by atoms with Crippen molar-refractivity contribution in [2.75, 3.05) is 31.6 Å². The molecule has 2 aliphatic heterocycles. The number of likely N-dealkylation sites (tertiary alicyclic amines) is 1. The number of hydrogen-bond donors (Lipinski definition) is 0. The highest BCUT2D eigenvalue weighted by atomic mass is 19.1. The summed E-state index contributed by atoms with van der Waals surface area (Å²) >= 11 is 0. The lowest BCUT2D eigenvalue weighted by Crippen LogP contribution is -2.37. The van der Waals surface area contributed by atoms with Crippen molar-refractivity contribution < 1.29 is 9.13 Å². The minimum atomic E-state index is -0.551. The molecule has 182 valence electrons. The van der Waals surface area contributed by atoms with Crippen LogP contribution in [0.4, 0.5) is 15.9 Å². The first kappa shape index (κ1) is 23.5. The number of fused-ring (bicyclic) bond motifs is 2. The topological polar surface area (TPSA) is 50.6 Å². The van der Waals surface area contributed by atoms with Crippen LogP contribution in [0, 0.1) is 17.7 Å². The minimum Gasteiger partial charge on any atom is -0.375 e. The predicted molar refractivity (Wildman–Crippen MR) is 137 cm³/mol. The van der Waals surface area contributed by atoms with E-state index < -0.39 is 17.0 Å². The number of aromatic nitrogens is 2. The van der Waals surface area contributed by atoms with Crippen molar-refractivity contribution in [2.45, 2.75) is 51.8 Å². The Labute approximate surface area is 205 Å². The van der Waals surface area contributed by atoms with Crippen molar-refractivity contribution in [3.05, 3.63) is 63.8 Å². The molecule has 5 rings (SSSR count). The molecule has 7 heteroatoms. The van der Waals surface area contributed by atoms with Gasteiger partial charge in [0, 0.05) is 28.9 Å². The Balaban J connectivity index is 1.69. The quantitative estimate of drug-likeness (QED) is 0.489. The molecule has 35 heavy (non-hydrogen) atoms. The molecule has 0 radical (unpaired) electrons. The highest BCUT2D eigenvalue weighted by Gasteiger charge is 2.27. The zero-order valence-corrected chi connectivity index (χ0v) is 20.8. The second-order valence-electron chi connectivity index (χ2n) is 10.3. The van der Waals surface area contributed by atoms with Crippen LogP contribution in [0.1, 0.15) is 44.7 Å². The number of halogens is 1. The fourth-order valence-electron chi connectivity index (χ4n) is 5.08. The summed E-state index contributed by atoms with van der Waals surface area (Å²) in [5, 5.41) is 0.332. The van der Waals surface area contributed by atoms with Crippen molar-refractivity contribution in [1.29, 1.82) is 0 Å². The molecular formula is C28H31FN4O2. The summed E-state index contributed by atoms with van der Waals surface area (Å²) in [4.78, 5) is 21.9. The molecule has 1 saturated heterocycles. The Morgan fingerprint density at radius 3 is 2.69 bits per heavy atom. The van der Waals surface area contributed by atoms with Gasteiger partial charge in [-0.3, -0.25) is 9.47 Å². The summed E-state index contributed by atoms with van der Waals surface area (Å²) in [6.07, 6.45) is 2.23. The van der Waals surface area contributed by atoms with Crippen LogP contribution in [0.5, 0.6) is 0 Å². The van der Waals surface area contributed by atoms with E-state index >= 15 is 4.39 Å². The van der Waals surface area contributed by atoms with Gasteiger partial charge < -0.3 is 9.64 Å². The largest absolute Gasteiger partial charge is 0.375 e. The molecule has 1 atom stereocenters. The summed E-state index contributed by atoms with van der Waals surface area (Å²) in [7, 11) is 2.10. The molecule has 0 amide bonds. The maximum absolute atomic E-state index is 15.3. The molecule has 1 aromatic heterocycles. The van der Waals surface area contributed by atoms with Gasteiger partial charge in [-0.2, -0.15) is 4.98 Å². The average molecular weight is 475 g/mol. The van der Waals surface area contributed by atoms with E-state index in [9.17, 15) is 4.79 Å². The highest BCUT2D eigenvalue weighted by molar-refractivity contribution is 5.93. The van der Waals surface area contributed by atoms with Gasteiger partial charge in [0.25, 0.3) is 0 Å². The number of anilines is 2. The average Bonchev–Trinajstić information content (AvgIpc) is 3.08. The van der Waals surface area contributed by atoms with Crippen molar-refractivity contribution >= 4 is 22.4 Å². The number of nitrogens with zero attached hydrogens (tertiary/aromatic N) is 4. The van der Waals surface area contributed by atoms with Crippen LogP contribution in [0.2, 0.25) is 0 Å². The van der Waals surface area contributed by atoms with Gasteiger partial charge in [0.1, 0.15) is 5.82 Å². The third kappa shape index (κ3) is 4.33. The van der Waals surface area contributed by atoms with Gasteiger partial charge in [0.15, 0.2) is 5.82 Å². The Kier molecular flexibility index (Phi) is 6.12. The second-order valence-corrected chi connectivity index (χ2v) is 10.3. The smallest absolute Gasteiger partial charge is 0.350 e. The van der Waals surface area contributed by atoms with Crippen LogP contribution in [0.25, 0.3) is 10.9 Å². The van der Waals surface area contributed by atoms with Gasteiger partial charge >= 0.3 is 5.69 Å². The standard InChI is InChI=1S/C28H31FN4O2/c1-28(2,3)33-24-12-6-10-22(29)25(24)26(30-27(33)34)32-16-17-35-18-21-19(8-5-11-23(21)32)13-14-20-9-7-15-31(20)4/h5-6,8,10-12,20H,7,9,15-18H2,1-4H3. The van der Waals surface area contributed by atoms with Gasteiger partial charge in [0.2, 0.25) is 0 Å². The molecule has 2 aliphatic rings. The van der Waals surface area contributed by atoms with Crippen molar-refractivity contribution in [3.63, 3.8) is 0 Å². The number of benzene rings is 2. The van der Waals surface area contributed by atoms with E-state index in [2.05, 4.69) is 28.8 Å². The molecule has 0 N–H and O–H groups in total. The van der Waals surface area contributed by atoms with Gasteiger partial charge in [-0.1, -0.05) is 24.0 Å². The molecular weight excluding hydrogens is 443 g/mol. The maximum atomic E-state index is 15.3. The fourth-order valence-corrected chi connectivity index (χ4v) is 5.08. The summed E-state index contributed by atoms with van der Waals surface area (Å²) < 4.78 is 22.8. The van der Waals surface area contributed by atoms with Crippen molar-refractivity contribution in [1.82, 2.24) is 14.5 Å². The summed E-state index contributed by atoms with van der Waals surface area (Å²) in [5.41, 5.74) is 2.24. The molecule has 3 heterocycles. The van der Waals surface area contributed by atoms with E-state index in [4.69, 9.17) is 4.74 Å². The molecule has 6 nitrogen and oxygen atoms in total. The zero-order valence-electron chi connectivity index (χ0n) is 20.8. The number of ether oxygens (including phenoxy) is 1. The minimum absolute atomic E-state index is 0.248. The lowest BCUT2D eigenvalue weighted by atomic mass is 10.0. The summed E-state index contributed by atoms with van der Waals surface area (Å²) in [6, 6.07) is 11.0. The third-order valence-corrected chi connectivity index (χ3v) is 6.82. The number of rotatable bonds is 1. The van der Waals surface area contributed by atoms with E-state index in [-0.39, 0.29) is 6.04 Å². The lowest BCUT2D eigenvalue weighted by Gasteiger charge is -2.29. The fraction of sp³-hybridized carbons (Fsp3) is 0.429. The van der Waals surface area contributed by atoms with Crippen LogP contribution >= 0.6 is 0 Å². The van der Waals surface area contributed by atoms with Crippen LogP contribution in [-0.4, -0.2) is 47.2 Å². The first-order chi connectivity index (χ1) is 16.8. The monoisotopic (exact) mass is 474 g/mol. The van der Waals surface area contributed by atoms with E-state index in [1.54, 1.807) is 16.7 Å². The van der Waals surface area contributed by atoms with E-state index in [1.165, 1.54) is 6.07 Å². The summed E-state index contributed by atoms with van der Waals surface area (Å²) in [6.45, 7) is 8.09. The summed E-state index contributed by atoms with van der Waals surface area (Å²) in [5.74, 6) is 6.70. The van der Waals surface area contributed by atoms with Crippen LogP contribution < -0.4 is 10.6 Å². The van der Waals surface area contributed by atoms with E-state index in [0.717, 1.165) is 36.2 Å². The van der Waals surface area contributed by atoms with Gasteiger partial charge in [-0.25, -0.2) is 9.18 Å². The Morgan fingerprint density at radius 1 is 1.14 bits per heavy atom. The molecule has 3 aromatic rings. The van der Waals surface area contributed by atoms with Crippen LogP contribution in [0.3, 0.4) is 0 Å². The maximum Gasteiger partial charge on any atom is 0.350 e. The lowest BCUT2D eigenvalue weighted by molar-refractivity contribution is 0.133. The van der Waals surface area contributed by atoms with Gasteiger partial charge in [-0.15, -0.1) is 0 Å². The normalized spacial score (nSPS) is 18.8. The van der Waals surface area contributed by atoms with Gasteiger partial charge in [0.05, 0.1) is 30.2 Å². The number of hydrogen-bond acceptors (Lipinski definition) is 5.